The predicted octanol–water partition coefficient (Wildman–Crippen LogP) is 11.8. The zero-order valence-electron chi connectivity index (χ0n) is 25.5. The van der Waals surface area contributed by atoms with Gasteiger partial charge in [-0.25, -0.2) is 0 Å². The van der Waals surface area contributed by atoms with Crippen LogP contribution in [-0.4, -0.2) is 4.57 Å². The minimum absolute atomic E-state index is 0.326. The first-order valence-electron chi connectivity index (χ1n) is 16.1. The average Bonchev–Trinajstić information content (AvgIpc) is 3.72. The third-order valence-corrected chi connectivity index (χ3v) is 11.0. The van der Waals surface area contributed by atoms with E-state index in [9.17, 15) is 3.89 Å². The van der Waals surface area contributed by atoms with Gasteiger partial charge in [0.15, 0.2) is 0 Å². The summed E-state index contributed by atoms with van der Waals surface area (Å²) in [5, 5.41) is 2.42. The lowest BCUT2D eigenvalue weighted by atomic mass is 9.70. The van der Waals surface area contributed by atoms with Crippen molar-refractivity contribution in [2.45, 2.75) is 16.9 Å². The number of nitrogens with zero attached hydrogens (tertiary/aromatic N) is 1. The molecule has 0 aliphatic heterocycles. The van der Waals surface area contributed by atoms with Crippen LogP contribution in [0.1, 0.15) is 27.8 Å². The van der Waals surface area contributed by atoms with E-state index in [1.165, 1.54) is 66.4 Å². The molecule has 1 heterocycles. The molecule has 8 aromatic rings. The fraction of sp³-hybridized carbons (Fsp3) is 0.0455. The van der Waals surface area contributed by atoms with Crippen LogP contribution in [0.5, 0.6) is 0 Å². The van der Waals surface area contributed by atoms with E-state index in [-0.39, 0.29) is 0 Å². The van der Waals surface area contributed by atoms with Crippen LogP contribution in [0.25, 0.3) is 55.2 Å². The summed E-state index contributed by atoms with van der Waals surface area (Å²) >= 11 is 0.326. The lowest BCUT2D eigenvalue weighted by Crippen LogP contribution is -2.25. The van der Waals surface area contributed by atoms with Gasteiger partial charge in [0, 0.05) is 33.2 Å². The highest BCUT2D eigenvalue weighted by Gasteiger charge is 2.51. The molecule has 0 unspecified atom stereocenters. The van der Waals surface area contributed by atoms with Gasteiger partial charge >= 0.3 is 0 Å². The van der Waals surface area contributed by atoms with Crippen molar-refractivity contribution in [1.29, 1.82) is 0 Å². The molecule has 222 valence electrons. The van der Waals surface area contributed by atoms with Crippen molar-refractivity contribution in [3.8, 4) is 33.4 Å². The van der Waals surface area contributed by atoms with Crippen molar-refractivity contribution in [2.75, 3.05) is 0 Å². The first-order chi connectivity index (χ1) is 23.3. The number of rotatable bonds is 4. The molecule has 1 nitrogen and oxygen atoms in total. The van der Waals surface area contributed by atoms with E-state index < -0.39 is 5.41 Å². The highest BCUT2D eigenvalue weighted by atomic mass is 32.2. The van der Waals surface area contributed by atoms with E-state index >= 15 is 0 Å². The van der Waals surface area contributed by atoms with Gasteiger partial charge in [-0.3, -0.25) is 0 Å². The molecule has 0 atom stereocenters. The normalized spacial score (nSPS) is 13.6. The molecule has 0 N–H and O–H groups in total. The second-order valence-electron chi connectivity index (χ2n) is 12.7. The molecule has 2 aliphatic rings. The van der Waals surface area contributed by atoms with E-state index in [1.807, 2.05) is 24.3 Å². The van der Waals surface area contributed by atoms with Crippen molar-refractivity contribution in [2.24, 2.45) is 0 Å². The summed E-state index contributed by atoms with van der Waals surface area (Å²) in [4.78, 5) is 0.659. The van der Waals surface area contributed by atoms with Crippen molar-refractivity contribution in [3.63, 3.8) is 0 Å². The third kappa shape index (κ3) is 3.61. The summed E-state index contributed by atoms with van der Waals surface area (Å²) in [6.45, 7) is 0.573. The predicted molar refractivity (Wildman–Crippen MR) is 194 cm³/mol. The Hall–Kier alpha value is -5.38. The minimum atomic E-state index is -0.420. The molecule has 10 rings (SSSR count). The Bertz CT molecular complexity index is 2500. The quantitative estimate of drug-likeness (QED) is 0.189. The molecule has 2 aliphatic carbocycles. The summed E-state index contributed by atoms with van der Waals surface area (Å²) < 4.78 is 16.6. The Labute approximate surface area is 277 Å². The van der Waals surface area contributed by atoms with Crippen molar-refractivity contribution in [1.82, 2.24) is 4.57 Å². The van der Waals surface area contributed by atoms with E-state index in [0.29, 0.717) is 23.6 Å². The standard InChI is InChI=1S/C44H28FNS/c45-47-43-21-11-4-14-30(43)27-46-41-23-22-29(28-12-2-1-3-13-28)24-35(41)36-25-34-33-17-7-10-20-39(33)44(40(34)26-42(36)46)37-18-8-5-15-31(37)32-16-6-9-19-38(32)44/h1-26H,27H2. The first-order valence-corrected chi connectivity index (χ1v) is 16.8. The van der Waals surface area contributed by atoms with Gasteiger partial charge in [-0.1, -0.05) is 127 Å². The van der Waals surface area contributed by atoms with Gasteiger partial charge in [-0.15, -0.1) is 0 Å². The molecular weight excluding hydrogens is 594 g/mol. The highest BCUT2D eigenvalue weighted by Crippen LogP contribution is 2.63. The SMILES string of the molecule is FSc1ccccc1Cn1c2ccc(-c3ccccc3)cc2c2cc3c(cc21)C1(c2ccccc2-c2ccccc21)c1ccccc1-3. The molecule has 7 aromatic carbocycles. The summed E-state index contributed by atoms with van der Waals surface area (Å²) in [5.41, 5.74) is 15.7. The number of halogens is 1. The van der Waals surface area contributed by atoms with Crippen LogP contribution < -0.4 is 0 Å². The fourth-order valence-electron chi connectivity index (χ4n) is 8.54. The first kappa shape index (κ1) is 26.8. The van der Waals surface area contributed by atoms with Gasteiger partial charge in [0.05, 0.1) is 17.6 Å². The summed E-state index contributed by atoms with van der Waals surface area (Å²) in [6.07, 6.45) is 0. The Balaban J connectivity index is 1.33. The molecule has 47 heavy (non-hydrogen) atoms. The molecule has 1 aromatic heterocycles. The van der Waals surface area contributed by atoms with Gasteiger partial charge in [-0.2, -0.15) is 3.89 Å². The highest BCUT2D eigenvalue weighted by molar-refractivity contribution is 7.94. The molecule has 0 saturated carbocycles. The number of benzene rings is 7. The molecular formula is C44H28FNS. The van der Waals surface area contributed by atoms with Gasteiger partial charge in [-0.05, 0) is 91.5 Å². The molecule has 0 fully saturated rings. The zero-order valence-corrected chi connectivity index (χ0v) is 26.3. The number of aromatic nitrogens is 1. The molecule has 0 radical (unpaired) electrons. The largest absolute Gasteiger partial charge is 0.336 e. The lowest BCUT2D eigenvalue weighted by molar-refractivity contribution is 0.791. The van der Waals surface area contributed by atoms with E-state index in [1.54, 1.807) is 0 Å². The van der Waals surface area contributed by atoms with Crippen LogP contribution in [0.4, 0.5) is 3.89 Å². The minimum Gasteiger partial charge on any atom is -0.336 e. The van der Waals surface area contributed by atoms with Crippen LogP contribution >= 0.6 is 12.1 Å². The monoisotopic (exact) mass is 621 g/mol. The van der Waals surface area contributed by atoms with Gasteiger partial charge < -0.3 is 4.57 Å². The summed E-state index contributed by atoms with van der Waals surface area (Å²) in [7, 11) is 0. The van der Waals surface area contributed by atoms with Gasteiger partial charge in [0.2, 0.25) is 0 Å². The van der Waals surface area contributed by atoms with Gasteiger partial charge in [0.25, 0.3) is 0 Å². The Morgan fingerprint density at radius 3 is 1.72 bits per heavy atom. The fourth-order valence-corrected chi connectivity index (χ4v) is 8.91. The van der Waals surface area contributed by atoms with E-state index in [0.717, 1.165) is 16.6 Å². The number of fused-ring (bicyclic) bond motifs is 13. The van der Waals surface area contributed by atoms with Crippen molar-refractivity contribution < 1.29 is 3.89 Å². The molecule has 3 heteroatoms. The Kier molecular flexibility index (Phi) is 5.74. The van der Waals surface area contributed by atoms with Crippen LogP contribution in [0.3, 0.4) is 0 Å². The molecule has 0 amide bonds. The van der Waals surface area contributed by atoms with Crippen LogP contribution in [0.2, 0.25) is 0 Å². The molecule has 0 saturated heterocycles. The maximum Gasteiger partial charge on any atom is 0.0815 e. The van der Waals surface area contributed by atoms with Crippen LogP contribution in [-0.2, 0) is 12.0 Å². The molecule has 1 spiro atoms. The van der Waals surface area contributed by atoms with Gasteiger partial charge in [0.1, 0.15) is 0 Å². The smallest absolute Gasteiger partial charge is 0.0815 e. The Morgan fingerprint density at radius 2 is 1.04 bits per heavy atom. The number of hydrogen-bond donors (Lipinski definition) is 0. The van der Waals surface area contributed by atoms with Crippen molar-refractivity contribution >= 4 is 34.0 Å². The maximum absolute atomic E-state index is 14.2. The van der Waals surface area contributed by atoms with Crippen molar-refractivity contribution in [3.05, 3.63) is 186 Å². The van der Waals surface area contributed by atoms with E-state index in [2.05, 4.69) is 138 Å². The average molecular weight is 622 g/mol. The second kappa shape index (κ2) is 10.1. The van der Waals surface area contributed by atoms with E-state index in [4.69, 9.17) is 0 Å². The number of hydrogen-bond acceptors (Lipinski definition) is 1. The third-order valence-electron chi connectivity index (χ3n) is 10.5. The Morgan fingerprint density at radius 1 is 0.468 bits per heavy atom. The van der Waals surface area contributed by atoms with Crippen LogP contribution in [0.15, 0.2) is 163 Å². The second-order valence-corrected chi connectivity index (χ2v) is 13.3. The van der Waals surface area contributed by atoms with Crippen LogP contribution in [0, 0.1) is 0 Å². The summed E-state index contributed by atoms with van der Waals surface area (Å²) in [6, 6.07) is 56.9. The summed E-state index contributed by atoms with van der Waals surface area (Å²) in [5.74, 6) is 0. The maximum atomic E-state index is 14.2. The zero-order chi connectivity index (χ0) is 31.1. The lowest BCUT2D eigenvalue weighted by Gasteiger charge is -2.30. The molecule has 0 bridgehead atoms. The topological polar surface area (TPSA) is 4.93 Å².